The average molecular weight is 264 g/mol. The Kier molecular flexibility index (Phi) is 2.63. The van der Waals surface area contributed by atoms with Gasteiger partial charge in [-0.3, -0.25) is 0 Å². The fourth-order valence-electron chi connectivity index (χ4n) is 2.27. The summed E-state index contributed by atoms with van der Waals surface area (Å²) in [5.74, 6) is -0.505. The number of rotatable bonds is 1. The van der Waals surface area contributed by atoms with Gasteiger partial charge < -0.3 is 10.0 Å². The van der Waals surface area contributed by atoms with Crippen molar-refractivity contribution in [1.82, 2.24) is 0 Å². The molecule has 0 radical (unpaired) electrons. The van der Waals surface area contributed by atoms with Crippen molar-refractivity contribution in [2.75, 3.05) is 4.90 Å². The molecule has 0 aliphatic carbocycles. The summed E-state index contributed by atoms with van der Waals surface area (Å²) in [7, 11) is 0. The molecule has 0 aromatic heterocycles. The Morgan fingerprint density at radius 3 is 2.33 bits per heavy atom. The summed E-state index contributed by atoms with van der Waals surface area (Å²) in [4.78, 5) is 1.88. The summed E-state index contributed by atoms with van der Waals surface area (Å²) in [5, 5.41) is 9.61. The highest BCUT2D eigenvalue weighted by Gasteiger charge is 2.22. The van der Waals surface area contributed by atoms with E-state index in [1.807, 2.05) is 29.2 Å². The molecule has 1 heterocycles. The van der Waals surface area contributed by atoms with E-state index >= 15 is 0 Å². The zero-order valence-corrected chi connectivity index (χ0v) is 10.3. The molecular formula is C14H11ClFNO. The van der Waals surface area contributed by atoms with Crippen LogP contribution in [-0.2, 0) is 13.1 Å². The maximum absolute atomic E-state index is 13.9. The molecule has 4 heteroatoms. The quantitative estimate of drug-likeness (QED) is 0.848. The van der Waals surface area contributed by atoms with Crippen LogP contribution in [0.15, 0.2) is 36.4 Å². The number of hydrogen-bond acceptors (Lipinski definition) is 2. The van der Waals surface area contributed by atoms with Gasteiger partial charge in [-0.1, -0.05) is 35.9 Å². The number of aromatic hydroxyl groups is 1. The molecule has 92 valence electrons. The zero-order valence-electron chi connectivity index (χ0n) is 9.53. The van der Waals surface area contributed by atoms with Gasteiger partial charge in [0.1, 0.15) is 11.6 Å². The van der Waals surface area contributed by atoms with E-state index in [0.29, 0.717) is 18.8 Å². The Bertz CT molecular complexity index is 590. The molecule has 0 saturated carbocycles. The van der Waals surface area contributed by atoms with Crippen LogP contribution < -0.4 is 4.90 Å². The van der Waals surface area contributed by atoms with Gasteiger partial charge in [-0.15, -0.1) is 0 Å². The van der Waals surface area contributed by atoms with Gasteiger partial charge in [-0.2, -0.15) is 0 Å². The van der Waals surface area contributed by atoms with Crippen LogP contribution in [0.4, 0.5) is 10.1 Å². The van der Waals surface area contributed by atoms with Crippen molar-refractivity contribution < 1.29 is 9.50 Å². The molecule has 0 amide bonds. The lowest BCUT2D eigenvalue weighted by molar-refractivity contribution is 0.473. The Labute approximate surface area is 109 Å². The molecule has 0 spiro atoms. The largest absolute Gasteiger partial charge is 0.506 e. The van der Waals surface area contributed by atoms with E-state index in [1.165, 1.54) is 17.2 Å². The van der Waals surface area contributed by atoms with Gasteiger partial charge in [0.05, 0.1) is 10.7 Å². The van der Waals surface area contributed by atoms with Crippen molar-refractivity contribution in [3.63, 3.8) is 0 Å². The number of hydrogen-bond donors (Lipinski definition) is 1. The number of phenolic OH excluding ortho intramolecular Hbond substituents is 1. The molecule has 2 nitrogen and oxygen atoms in total. The van der Waals surface area contributed by atoms with Crippen molar-refractivity contribution >= 4 is 17.3 Å². The smallest absolute Gasteiger partial charge is 0.148 e. The van der Waals surface area contributed by atoms with Crippen LogP contribution in [0.25, 0.3) is 0 Å². The highest BCUT2D eigenvalue weighted by atomic mass is 35.5. The topological polar surface area (TPSA) is 23.5 Å². The second-order valence-corrected chi connectivity index (χ2v) is 4.79. The molecule has 0 bridgehead atoms. The van der Waals surface area contributed by atoms with Crippen LogP contribution in [0.2, 0.25) is 5.02 Å². The number of phenols is 1. The fourth-order valence-corrected chi connectivity index (χ4v) is 2.42. The van der Waals surface area contributed by atoms with Crippen LogP contribution in [0.1, 0.15) is 11.1 Å². The summed E-state index contributed by atoms with van der Waals surface area (Å²) in [6.45, 7) is 1.29. The normalized spacial score (nSPS) is 13.8. The second-order valence-electron chi connectivity index (χ2n) is 4.38. The predicted octanol–water partition coefficient (Wildman–Crippen LogP) is 3.70. The standard InChI is InChI=1S/C14H11ClFNO/c15-11-5-12(16)13(6-14(11)18)17-7-9-3-1-2-4-10(9)8-17/h1-6,18H,7-8H2. The lowest BCUT2D eigenvalue weighted by Gasteiger charge is -2.19. The third kappa shape index (κ3) is 1.81. The molecule has 0 unspecified atom stereocenters. The Morgan fingerprint density at radius 2 is 1.72 bits per heavy atom. The van der Waals surface area contributed by atoms with E-state index in [1.54, 1.807) is 0 Å². The van der Waals surface area contributed by atoms with Crippen LogP contribution in [0.3, 0.4) is 0 Å². The Morgan fingerprint density at radius 1 is 1.11 bits per heavy atom. The molecule has 0 saturated heterocycles. The summed E-state index contributed by atoms with van der Waals surface area (Å²) in [6.07, 6.45) is 0. The molecule has 1 N–H and O–H groups in total. The third-order valence-electron chi connectivity index (χ3n) is 3.20. The first kappa shape index (κ1) is 11.4. The van der Waals surface area contributed by atoms with E-state index < -0.39 is 5.82 Å². The van der Waals surface area contributed by atoms with Crippen LogP contribution in [0.5, 0.6) is 5.75 Å². The Hall–Kier alpha value is -1.74. The minimum absolute atomic E-state index is 0.0351. The lowest BCUT2D eigenvalue weighted by Crippen LogP contribution is -2.15. The van der Waals surface area contributed by atoms with Gasteiger partial charge >= 0.3 is 0 Å². The van der Waals surface area contributed by atoms with Crippen LogP contribution in [0, 0.1) is 5.82 Å². The van der Waals surface area contributed by atoms with E-state index in [9.17, 15) is 9.50 Å². The first-order valence-electron chi connectivity index (χ1n) is 5.65. The number of fused-ring (bicyclic) bond motifs is 1. The summed E-state index contributed by atoms with van der Waals surface area (Å²) in [6, 6.07) is 10.5. The van der Waals surface area contributed by atoms with Gasteiger partial charge in [0.25, 0.3) is 0 Å². The predicted molar refractivity (Wildman–Crippen MR) is 69.4 cm³/mol. The van der Waals surface area contributed by atoms with E-state index in [-0.39, 0.29) is 10.8 Å². The van der Waals surface area contributed by atoms with E-state index in [4.69, 9.17) is 11.6 Å². The molecule has 0 fully saturated rings. The molecule has 1 aliphatic heterocycles. The first-order valence-corrected chi connectivity index (χ1v) is 6.02. The number of benzene rings is 2. The number of halogens is 2. The summed E-state index contributed by atoms with van der Waals surface area (Å²) < 4.78 is 13.9. The SMILES string of the molecule is Oc1cc(N2Cc3ccccc3C2)c(F)cc1Cl. The summed E-state index contributed by atoms with van der Waals surface area (Å²) >= 11 is 5.67. The van der Waals surface area contributed by atoms with Gasteiger partial charge in [-0.05, 0) is 17.2 Å². The number of anilines is 1. The molecular weight excluding hydrogens is 253 g/mol. The molecule has 0 atom stereocenters. The van der Waals surface area contributed by atoms with Crippen molar-refractivity contribution in [3.05, 3.63) is 58.4 Å². The van der Waals surface area contributed by atoms with Crippen LogP contribution >= 0.6 is 11.6 Å². The van der Waals surface area contributed by atoms with E-state index in [0.717, 1.165) is 6.07 Å². The van der Waals surface area contributed by atoms with Crippen molar-refractivity contribution in [2.24, 2.45) is 0 Å². The maximum atomic E-state index is 13.9. The minimum atomic E-state index is -0.411. The fraction of sp³-hybridized carbons (Fsp3) is 0.143. The lowest BCUT2D eigenvalue weighted by atomic mass is 10.1. The molecule has 2 aromatic carbocycles. The van der Waals surface area contributed by atoms with E-state index in [2.05, 4.69) is 0 Å². The summed E-state index contributed by atoms with van der Waals surface area (Å²) in [5.41, 5.74) is 2.76. The first-order chi connectivity index (χ1) is 8.65. The third-order valence-corrected chi connectivity index (χ3v) is 3.50. The van der Waals surface area contributed by atoms with Crippen LogP contribution in [-0.4, -0.2) is 5.11 Å². The molecule has 3 rings (SSSR count). The molecule has 2 aromatic rings. The van der Waals surface area contributed by atoms with Gasteiger partial charge in [0, 0.05) is 19.2 Å². The molecule has 1 aliphatic rings. The average Bonchev–Trinajstić information content (AvgIpc) is 2.77. The Balaban J connectivity index is 1.97. The van der Waals surface area contributed by atoms with Crippen molar-refractivity contribution in [3.8, 4) is 5.75 Å². The monoisotopic (exact) mass is 263 g/mol. The highest BCUT2D eigenvalue weighted by molar-refractivity contribution is 6.32. The van der Waals surface area contributed by atoms with Gasteiger partial charge in [0.15, 0.2) is 0 Å². The van der Waals surface area contributed by atoms with Crippen molar-refractivity contribution in [1.29, 1.82) is 0 Å². The maximum Gasteiger partial charge on any atom is 0.148 e. The minimum Gasteiger partial charge on any atom is -0.506 e. The number of nitrogens with zero attached hydrogens (tertiary/aromatic N) is 1. The second kappa shape index (κ2) is 4.18. The van der Waals surface area contributed by atoms with Crippen molar-refractivity contribution in [2.45, 2.75) is 13.1 Å². The van der Waals surface area contributed by atoms with Gasteiger partial charge in [0.2, 0.25) is 0 Å². The molecule has 18 heavy (non-hydrogen) atoms. The zero-order chi connectivity index (χ0) is 12.7. The highest BCUT2D eigenvalue weighted by Crippen LogP contribution is 2.35. The van der Waals surface area contributed by atoms with Gasteiger partial charge in [-0.25, -0.2) is 4.39 Å².